The molecular weight excluding hydrogens is 132 g/mol. The SMILES string of the molecule is CC1CCC2C1C1CC(C)C21. The predicted molar refractivity (Wildman–Crippen MR) is 46.1 cm³/mol. The van der Waals surface area contributed by atoms with Gasteiger partial charge in [-0.25, -0.2) is 0 Å². The zero-order valence-corrected chi connectivity index (χ0v) is 7.59. The fourth-order valence-electron chi connectivity index (χ4n) is 4.43. The van der Waals surface area contributed by atoms with E-state index in [1.165, 1.54) is 30.1 Å². The van der Waals surface area contributed by atoms with Gasteiger partial charge < -0.3 is 0 Å². The van der Waals surface area contributed by atoms with E-state index in [0.717, 1.165) is 11.8 Å². The highest BCUT2D eigenvalue weighted by Crippen LogP contribution is 2.68. The molecule has 62 valence electrons. The molecule has 0 nitrogen and oxygen atoms in total. The molecule has 0 spiro atoms. The third kappa shape index (κ3) is 0.588. The molecule has 0 saturated heterocycles. The van der Waals surface area contributed by atoms with Gasteiger partial charge in [0.15, 0.2) is 0 Å². The zero-order chi connectivity index (χ0) is 7.59. The summed E-state index contributed by atoms with van der Waals surface area (Å²) >= 11 is 0. The highest BCUT2D eigenvalue weighted by atomic mass is 14.7. The molecule has 0 heteroatoms. The fraction of sp³-hybridized carbons (Fsp3) is 1.00. The third-order valence-electron chi connectivity index (χ3n) is 4.89. The van der Waals surface area contributed by atoms with E-state index in [4.69, 9.17) is 0 Å². The van der Waals surface area contributed by atoms with E-state index in [9.17, 15) is 0 Å². The van der Waals surface area contributed by atoms with Crippen LogP contribution in [-0.4, -0.2) is 0 Å². The van der Waals surface area contributed by atoms with Gasteiger partial charge >= 0.3 is 0 Å². The molecule has 3 aliphatic carbocycles. The molecule has 0 bridgehead atoms. The lowest BCUT2D eigenvalue weighted by Gasteiger charge is -2.62. The third-order valence-corrected chi connectivity index (χ3v) is 4.89. The zero-order valence-electron chi connectivity index (χ0n) is 7.59. The van der Waals surface area contributed by atoms with Gasteiger partial charge in [0, 0.05) is 0 Å². The quantitative estimate of drug-likeness (QED) is 0.498. The Bertz CT molecular complexity index is 184. The van der Waals surface area contributed by atoms with Crippen LogP contribution in [0.15, 0.2) is 0 Å². The van der Waals surface area contributed by atoms with Gasteiger partial charge in [-0.3, -0.25) is 0 Å². The normalized spacial score (nSPS) is 66.0. The van der Waals surface area contributed by atoms with Crippen LogP contribution in [0, 0.1) is 35.5 Å². The van der Waals surface area contributed by atoms with E-state index < -0.39 is 0 Å². The van der Waals surface area contributed by atoms with Gasteiger partial charge in [0.25, 0.3) is 0 Å². The van der Waals surface area contributed by atoms with Gasteiger partial charge in [0.2, 0.25) is 0 Å². The number of rotatable bonds is 0. The molecule has 3 aliphatic rings. The van der Waals surface area contributed by atoms with Crippen molar-refractivity contribution in [2.75, 3.05) is 0 Å². The van der Waals surface area contributed by atoms with Crippen molar-refractivity contribution in [3.8, 4) is 0 Å². The van der Waals surface area contributed by atoms with Crippen molar-refractivity contribution in [1.29, 1.82) is 0 Å². The van der Waals surface area contributed by atoms with Crippen LogP contribution in [0.5, 0.6) is 0 Å². The molecule has 3 rings (SSSR count). The van der Waals surface area contributed by atoms with Crippen LogP contribution in [0.25, 0.3) is 0 Å². The summed E-state index contributed by atoms with van der Waals surface area (Å²) in [4.78, 5) is 0. The van der Waals surface area contributed by atoms with Gasteiger partial charge in [0.05, 0.1) is 0 Å². The summed E-state index contributed by atoms with van der Waals surface area (Å²) in [5.74, 6) is 6.90. The van der Waals surface area contributed by atoms with Gasteiger partial charge in [-0.1, -0.05) is 20.3 Å². The Labute approximate surface area is 69.4 Å². The first-order valence-corrected chi connectivity index (χ1v) is 5.29. The van der Waals surface area contributed by atoms with Crippen molar-refractivity contribution in [3.63, 3.8) is 0 Å². The average molecular weight is 150 g/mol. The van der Waals surface area contributed by atoms with Crippen LogP contribution in [-0.2, 0) is 0 Å². The molecular formula is C11H18. The molecule has 3 saturated carbocycles. The minimum absolute atomic E-state index is 1.08. The van der Waals surface area contributed by atoms with Crippen molar-refractivity contribution in [3.05, 3.63) is 0 Å². The Morgan fingerprint density at radius 1 is 0.818 bits per heavy atom. The van der Waals surface area contributed by atoms with Gasteiger partial charge in [0.1, 0.15) is 0 Å². The van der Waals surface area contributed by atoms with E-state index in [0.29, 0.717) is 0 Å². The van der Waals surface area contributed by atoms with Gasteiger partial charge in [-0.05, 0) is 48.3 Å². The van der Waals surface area contributed by atoms with E-state index in [1.807, 2.05) is 0 Å². The maximum atomic E-state index is 2.48. The molecule has 0 aromatic rings. The van der Waals surface area contributed by atoms with E-state index in [-0.39, 0.29) is 0 Å². The predicted octanol–water partition coefficient (Wildman–Crippen LogP) is 2.93. The largest absolute Gasteiger partial charge is 0.0622 e. The lowest BCUT2D eigenvalue weighted by atomic mass is 9.43. The van der Waals surface area contributed by atoms with E-state index >= 15 is 0 Å². The molecule has 0 aliphatic heterocycles. The summed E-state index contributed by atoms with van der Waals surface area (Å²) in [6.45, 7) is 4.93. The number of hydrogen-bond donors (Lipinski definition) is 0. The highest BCUT2D eigenvalue weighted by Gasteiger charge is 2.61. The van der Waals surface area contributed by atoms with Gasteiger partial charge in [-0.15, -0.1) is 0 Å². The summed E-state index contributed by atoms with van der Waals surface area (Å²) in [5, 5.41) is 0. The lowest BCUT2D eigenvalue weighted by Crippen LogP contribution is -2.56. The van der Waals surface area contributed by atoms with E-state index in [1.54, 1.807) is 12.8 Å². The fourth-order valence-corrected chi connectivity index (χ4v) is 4.43. The standard InChI is InChI=1S/C11H18/c1-6-3-4-8-10(6)9-5-7(2)11(8)9/h6-11H,3-5H2,1-2H3. The van der Waals surface area contributed by atoms with E-state index in [2.05, 4.69) is 13.8 Å². The maximum Gasteiger partial charge on any atom is -0.0326 e. The first kappa shape index (κ1) is 6.51. The Morgan fingerprint density at radius 3 is 2.27 bits per heavy atom. The second-order valence-electron chi connectivity index (χ2n) is 5.25. The maximum absolute atomic E-state index is 2.48. The monoisotopic (exact) mass is 150 g/mol. The molecule has 0 N–H and O–H groups in total. The molecule has 3 fully saturated rings. The molecule has 0 radical (unpaired) electrons. The molecule has 0 aromatic carbocycles. The van der Waals surface area contributed by atoms with Crippen LogP contribution >= 0.6 is 0 Å². The van der Waals surface area contributed by atoms with Crippen molar-refractivity contribution < 1.29 is 0 Å². The molecule has 6 unspecified atom stereocenters. The smallest absolute Gasteiger partial charge is 0.0326 e. The Kier molecular flexibility index (Phi) is 1.09. The molecule has 6 atom stereocenters. The highest BCUT2D eigenvalue weighted by molar-refractivity contribution is 5.10. The van der Waals surface area contributed by atoms with Crippen LogP contribution in [0.1, 0.15) is 33.1 Å². The lowest BCUT2D eigenvalue weighted by molar-refractivity contribution is -0.141. The molecule has 0 aromatic heterocycles. The Hall–Kier alpha value is 0. The summed E-state index contributed by atoms with van der Waals surface area (Å²) in [6.07, 6.45) is 4.67. The summed E-state index contributed by atoms with van der Waals surface area (Å²) < 4.78 is 0. The molecule has 11 heavy (non-hydrogen) atoms. The average Bonchev–Trinajstić information content (AvgIpc) is 2.21. The Balaban J connectivity index is 1.81. The van der Waals surface area contributed by atoms with Crippen molar-refractivity contribution in [1.82, 2.24) is 0 Å². The van der Waals surface area contributed by atoms with Crippen molar-refractivity contribution in [2.24, 2.45) is 35.5 Å². The van der Waals surface area contributed by atoms with Crippen LogP contribution < -0.4 is 0 Å². The number of fused-ring (bicyclic) bond motifs is 4. The number of hydrogen-bond acceptors (Lipinski definition) is 0. The molecule has 0 heterocycles. The Morgan fingerprint density at radius 2 is 1.55 bits per heavy atom. The topological polar surface area (TPSA) is 0 Å². The van der Waals surface area contributed by atoms with Crippen LogP contribution in [0.4, 0.5) is 0 Å². The summed E-state index contributed by atoms with van der Waals surface area (Å²) in [6, 6.07) is 0. The van der Waals surface area contributed by atoms with Crippen molar-refractivity contribution >= 4 is 0 Å². The van der Waals surface area contributed by atoms with Crippen LogP contribution in [0.3, 0.4) is 0 Å². The first-order chi connectivity index (χ1) is 5.29. The summed E-state index contributed by atoms with van der Waals surface area (Å²) in [7, 11) is 0. The second kappa shape index (κ2) is 1.84. The first-order valence-electron chi connectivity index (χ1n) is 5.29. The van der Waals surface area contributed by atoms with Gasteiger partial charge in [-0.2, -0.15) is 0 Å². The molecule has 0 amide bonds. The minimum atomic E-state index is 1.08. The minimum Gasteiger partial charge on any atom is -0.0622 e. The second-order valence-corrected chi connectivity index (χ2v) is 5.25. The van der Waals surface area contributed by atoms with Crippen molar-refractivity contribution in [2.45, 2.75) is 33.1 Å². The summed E-state index contributed by atoms with van der Waals surface area (Å²) in [5.41, 5.74) is 0. The van der Waals surface area contributed by atoms with Crippen LogP contribution in [0.2, 0.25) is 0 Å².